The first-order chi connectivity index (χ1) is 10.6. The third-order valence-corrected chi connectivity index (χ3v) is 3.96. The molecule has 0 saturated heterocycles. The number of ether oxygens (including phenoxy) is 1. The fourth-order valence-electron chi connectivity index (χ4n) is 2.75. The molecule has 2 unspecified atom stereocenters. The monoisotopic (exact) mass is 308 g/mol. The van der Waals surface area contributed by atoms with Crippen molar-refractivity contribution in [1.82, 2.24) is 0 Å². The summed E-state index contributed by atoms with van der Waals surface area (Å²) >= 11 is 0. The third-order valence-electron chi connectivity index (χ3n) is 3.96. The molecular formula is C20H36O2. The molecule has 0 aromatic rings. The van der Waals surface area contributed by atoms with Gasteiger partial charge in [-0.2, -0.15) is 0 Å². The molecule has 2 nitrogen and oxygen atoms in total. The summed E-state index contributed by atoms with van der Waals surface area (Å²) in [5.41, 5.74) is 0.501. The van der Waals surface area contributed by atoms with Gasteiger partial charge in [-0.15, -0.1) is 0 Å². The Labute approximate surface area is 138 Å². The van der Waals surface area contributed by atoms with E-state index >= 15 is 0 Å². The average molecular weight is 309 g/mol. The Morgan fingerprint density at radius 3 is 2.27 bits per heavy atom. The second-order valence-electron chi connectivity index (χ2n) is 6.23. The van der Waals surface area contributed by atoms with Crippen molar-refractivity contribution in [3.63, 3.8) is 0 Å². The molecule has 0 aromatic heterocycles. The van der Waals surface area contributed by atoms with Crippen molar-refractivity contribution in [3.05, 3.63) is 24.3 Å². The summed E-state index contributed by atoms with van der Waals surface area (Å²) in [6, 6.07) is 0. The van der Waals surface area contributed by atoms with Crippen molar-refractivity contribution in [2.24, 2.45) is 5.92 Å². The van der Waals surface area contributed by atoms with Crippen LogP contribution in [0.4, 0.5) is 0 Å². The minimum absolute atomic E-state index is 0.0559. The molecule has 0 heterocycles. The third kappa shape index (κ3) is 9.81. The summed E-state index contributed by atoms with van der Waals surface area (Å²) in [6.45, 7) is 11.9. The van der Waals surface area contributed by atoms with E-state index in [1.807, 2.05) is 0 Å². The SMILES string of the molecule is C=C(C)C(=O)OC(CCC)C(CCC)CCCCC=CCC. The number of unbranched alkanes of at least 4 members (excludes halogenated alkanes) is 2. The number of hydrogen-bond donors (Lipinski definition) is 0. The molecule has 2 atom stereocenters. The molecule has 0 N–H and O–H groups in total. The number of rotatable bonds is 13. The Balaban J connectivity index is 4.45. The first-order valence-electron chi connectivity index (χ1n) is 9.08. The highest BCUT2D eigenvalue weighted by Gasteiger charge is 2.23. The van der Waals surface area contributed by atoms with E-state index < -0.39 is 0 Å². The molecule has 0 rings (SSSR count). The van der Waals surface area contributed by atoms with Crippen molar-refractivity contribution in [1.29, 1.82) is 0 Å². The van der Waals surface area contributed by atoms with Gasteiger partial charge in [-0.1, -0.05) is 58.8 Å². The molecule has 0 amide bonds. The Bertz CT molecular complexity index is 331. The van der Waals surface area contributed by atoms with Crippen molar-refractivity contribution in [2.45, 2.75) is 91.6 Å². The number of esters is 1. The molecule has 22 heavy (non-hydrogen) atoms. The van der Waals surface area contributed by atoms with Crippen molar-refractivity contribution in [2.75, 3.05) is 0 Å². The van der Waals surface area contributed by atoms with Crippen LogP contribution in [0.1, 0.15) is 85.5 Å². The van der Waals surface area contributed by atoms with Crippen LogP contribution in [0.25, 0.3) is 0 Å². The van der Waals surface area contributed by atoms with Crippen LogP contribution in [0.5, 0.6) is 0 Å². The summed E-state index contributed by atoms with van der Waals surface area (Å²) < 4.78 is 5.71. The van der Waals surface area contributed by atoms with Crippen LogP contribution in [-0.2, 0) is 9.53 Å². The highest BCUT2D eigenvalue weighted by Crippen LogP contribution is 2.25. The van der Waals surface area contributed by atoms with Gasteiger partial charge >= 0.3 is 5.97 Å². The van der Waals surface area contributed by atoms with Gasteiger partial charge in [0.2, 0.25) is 0 Å². The minimum Gasteiger partial charge on any atom is -0.459 e. The number of carbonyl (C=O) groups excluding carboxylic acids is 1. The predicted molar refractivity (Wildman–Crippen MR) is 95.9 cm³/mol. The summed E-state index contributed by atoms with van der Waals surface area (Å²) in [7, 11) is 0. The smallest absolute Gasteiger partial charge is 0.333 e. The second kappa shape index (κ2) is 13.6. The Morgan fingerprint density at radius 1 is 1.05 bits per heavy atom. The van der Waals surface area contributed by atoms with E-state index in [9.17, 15) is 4.79 Å². The van der Waals surface area contributed by atoms with Crippen LogP contribution in [0, 0.1) is 5.92 Å². The molecule has 2 heteroatoms. The van der Waals surface area contributed by atoms with E-state index in [2.05, 4.69) is 39.5 Å². The molecule has 0 aliphatic carbocycles. The molecule has 0 fully saturated rings. The Kier molecular flexibility index (Phi) is 13.0. The summed E-state index contributed by atoms with van der Waals surface area (Å²) in [5.74, 6) is 0.258. The van der Waals surface area contributed by atoms with E-state index in [0.717, 1.165) is 44.9 Å². The zero-order valence-electron chi connectivity index (χ0n) is 15.2. The lowest BCUT2D eigenvalue weighted by Crippen LogP contribution is -2.27. The van der Waals surface area contributed by atoms with Crippen LogP contribution >= 0.6 is 0 Å². The molecule has 128 valence electrons. The lowest BCUT2D eigenvalue weighted by Gasteiger charge is -2.27. The number of hydrogen-bond acceptors (Lipinski definition) is 2. The van der Waals surface area contributed by atoms with E-state index in [1.165, 1.54) is 12.8 Å². The maximum absolute atomic E-state index is 11.9. The predicted octanol–water partition coefficient (Wildman–Crippen LogP) is 6.22. The molecule has 0 aliphatic rings. The summed E-state index contributed by atoms with van der Waals surface area (Å²) in [6.07, 6.45) is 14.7. The van der Waals surface area contributed by atoms with Gasteiger partial charge in [0.15, 0.2) is 0 Å². The minimum atomic E-state index is -0.231. The van der Waals surface area contributed by atoms with Crippen LogP contribution in [0.3, 0.4) is 0 Å². The largest absolute Gasteiger partial charge is 0.459 e. The zero-order valence-corrected chi connectivity index (χ0v) is 15.2. The second-order valence-corrected chi connectivity index (χ2v) is 6.23. The lowest BCUT2D eigenvalue weighted by molar-refractivity contribution is -0.147. The molecule has 0 aromatic carbocycles. The first kappa shape index (κ1) is 20.9. The fourth-order valence-corrected chi connectivity index (χ4v) is 2.75. The molecule has 0 aliphatic heterocycles. The summed E-state index contributed by atoms with van der Waals surface area (Å²) in [5, 5.41) is 0. The molecular weight excluding hydrogens is 272 g/mol. The van der Waals surface area contributed by atoms with Crippen LogP contribution < -0.4 is 0 Å². The summed E-state index contributed by atoms with van der Waals surface area (Å²) in [4.78, 5) is 11.9. The van der Waals surface area contributed by atoms with Crippen LogP contribution in [0.2, 0.25) is 0 Å². The highest BCUT2D eigenvalue weighted by molar-refractivity contribution is 5.87. The maximum atomic E-state index is 11.9. The molecule has 0 radical (unpaired) electrons. The van der Waals surface area contributed by atoms with Gasteiger partial charge in [-0.3, -0.25) is 0 Å². The maximum Gasteiger partial charge on any atom is 0.333 e. The van der Waals surface area contributed by atoms with Gasteiger partial charge in [0, 0.05) is 5.57 Å². The first-order valence-corrected chi connectivity index (χ1v) is 9.08. The van der Waals surface area contributed by atoms with Crippen molar-refractivity contribution >= 4 is 5.97 Å². The highest BCUT2D eigenvalue weighted by atomic mass is 16.5. The number of carbonyl (C=O) groups is 1. The molecule has 0 saturated carbocycles. The fraction of sp³-hybridized carbons (Fsp3) is 0.750. The topological polar surface area (TPSA) is 26.3 Å². The van der Waals surface area contributed by atoms with Gasteiger partial charge in [0.05, 0.1) is 0 Å². The van der Waals surface area contributed by atoms with E-state index in [4.69, 9.17) is 4.74 Å². The quantitative estimate of drug-likeness (QED) is 0.175. The van der Waals surface area contributed by atoms with E-state index in [1.54, 1.807) is 6.92 Å². The van der Waals surface area contributed by atoms with Gasteiger partial charge in [-0.25, -0.2) is 4.79 Å². The Morgan fingerprint density at radius 2 is 1.73 bits per heavy atom. The van der Waals surface area contributed by atoms with E-state index in [0.29, 0.717) is 11.5 Å². The zero-order chi connectivity index (χ0) is 16.8. The van der Waals surface area contributed by atoms with Crippen LogP contribution in [-0.4, -0.2) is 12.1 Å². The van der Waals surface area contributed by atoms with Crippen molar-refractivity contribution in [3.8, 4) is 0 Å². The molecule has 0 spiro atoms. The average Bonchev–Trinajstić information content (AvgIpc) is 2.49. The van der Waals surface area contributed by atoms with Crippen LogP contribution in [0.15, 0.2) is 24.3 Å². The van der Waals surface area contributed by atoms with Crippen molar-refractivity contribution < 1.29 is 9.53 Å². The molecule has 0 bridgehead atoms. The Hall–Kier alpha value is -1.05. The van der Waals surface area contributed by atoms with Gasteiger partial charge < -0.3 is 4.74 Å². The van der Waals surface area contributed by atoms with Gasteiger partial charge in [0.25, 0.3) is 0 Å². The standard InChI is InChI=1S/C20H36O2/c1-6-9-10-11-12-13-16-18(14-7-2)19(15-8-3)22-20(21)17(4)5/h9-10,18-19H,4,6-8,11-16H2,1-3,5H3. The number of allylic oxidation sites excluding steroid dienone is 2. The van der Waals surface area contributed by atoms with E-state index in [-0.39, 0.29) is 12.1 Å². The normalized spacial score (nSPS) is 14.0. The van der Waals surface area contributed by atoms with Gasteiger partial charge in [0.1, 0.15) is 6.10 Å². The van der Waals surface area contributed by atoms with Gasteiger partial charge in [-0.05, 0) is 51.4 Å². The lowest BCUT2D eigenvalue weighted by atomic mass is 9.88.